The van der Waals surface area contributed by atoms with Gasteiger partial charge >= 0.3 is 0 Å². The van der Waals surface area contributed by atoms with Crippen molar-refractivity contribution in [3.8, 4) is 0 Å². The molecule has 1 atom stereocenters. The second-order valence-corrected chi connectivity index (χ2v) is 9.12. The van der Waals surface area contributed by atoms with Crippen LogP contribution in [0.2, 0.25) is 0 Å². The van der Waals surface area contributed by atoms with Crippen molar-refractivity contribution in [2.45, 2.75) is 69.1 Å². The molecule has 2 aromatic rings. The molecule has 1 aliphatic carbocycles. The summed E-state index contributed by atoms with van der Waals surface area (Å²) >= 11 is 1.72. The Kier molecular flexibility index (Phi) is 5.93. The predicted molar refractivity (Wildman–Crippen MR) is 109 cm³/mol. The van der Waals surface area contributed by atoms with Crippen LogP contribution in [0.15, 0.2) is 35.8 Å². The average molecular weight is 387 g/mol. The molecule has 0 unspecified atom stereocenters. The molecular weight excluding hydrogens is 356 g/mol. The maximum atomic E-state index is 9.43. The Balaban J connectivity index is 1.46. The fourth-order valence-corrected chi connectivity index (χ4v) is 5.85. The van der Waals surface area contributed by atoms with Gasteiger partial charge in [0.2, 0.25) is 0 Å². The van der Waals surface area contributed by atoms with E-state index in [1.165, 1.54) is 36.3 Å². The highest BCUT2D eigenvalue weighted by Crippen LogP contribution is 2.49. The van der Waals surface area contributed by atoms with Crippen LogP contribution in [0, 0.1) is 0 Å². The Morgan fingerprint density at radius 1 is 1.19 bits per heavy atom. The average Bonchev–Trinajstić information content (AvgIpc) is 3.35. The van der Waals surface area contributed by atoms with Crippen LogP contribution in [0.4, 0.5) is 0 Å². The third-order valence-corrected chi connectivity index (χ3v) is 7.41. The van der Waals surface area contributed by atoms with Crippen LogP contribution >= 0.6 is 11.3 Å². The zero-order valence-electron chi connectivity index (χ0n) is 16.0. The first-order valence-corrected chi connectivity index (χ1v) is 11.1. The van der Waals surface area contributed by atoms with Gasteiger partial charge in [-0.25, -0.2) is 0 Å². The lowest BCUT2D eigenvalue weighted by atomic mass is 9.68. The van der Waals surface area contributed by atoms with E-state index in [1.807, 2.05) is 18.3 Å². The first-order chi connectivity index (χ1) is 13.3. The number of hydrogen-bond donors (Lipinski definition) is 2. The highest BCUT2D eigenvalue weighted by Gasteiger charge is 2.48. The molecule has 0 amide bonds. The molecular formula is C22H30N2O2S. The summed E-state index contributed by atoms with van der Waals surface area (Å²) in [4.78, 5) is 6.01. The van der Waals surface area contributed by atoms with Crippen LogP contribution in [-0.4, -0.2) is 28.8 Å². The van der Waals surface area contributed by atoms with Gasteiger partial charge in [0, 0.05) is 35.3 Å². The van der Waals surface area contributed by atoms with Gasteiger partial charge < -0.3 is 15.2 Å². The summed E-state index contributed by atoms with van der Waals surface area (Å²) in [5, 5.41) is 15.1. The quantitative estimate of drug-likeness (QED) is 0.701. The second-order valence-electron chi connectivity index (χ2n) is 8.11. The highest BCUT2D eigenvalue weighted by molar-refractivity contribution is 7.10. The van der Waals surface area contributed by atoms with E-state index in [4.69, 9.17) is 9.72 Å². The maximum absolute atomic E-state index is 9.43. The van der Waals surface area contributed by atoms with Gasteiger partial charge in [-0.1, -0.05) is 18.9 Å². The van der Waals surface area contributed by atoms with Crippen LogP contribution in [-0.2, 0) is 23.3 Å². The van der Waals surface area contributed by atoms with Gasteiger partial charge in [-0.3, -0.25) is 4.98 Å². The van der Waals surface area contributed by atoms with E-state index in [0.717, 1.165) is 44.5 Å². The molecule has 4 rings (SSSR count). The molecule has 1 saturated heterocycles. The Morgan fingerprint density at radius 3 is 2.85 bits per heavy atom. The summed E-state index contributed by atoms with van der Waals surface area (Å²) in [6, 6.07) is 8.34. The lowest BCUT2D eigenvalue weighted by Crippen LogP contribution is -2.47. The Morgan fingerprint density at radius 2 is 2.07 bits per heavy atom. The van der Waals surface area contributed by atoms with E-state index >= 15 is 0 Å². The van der Waals surface area contributed by atoms with E-state index < -0.39 is 0 Å². The van der Waals surface area contributed by atoms with Crippen molar-refractivity contribution in [1.82, 2.24) is 10.3 Å². The number of aromatic nitrogens is 1. The minimum Gasteiger partial charge on any atom is -0.392 e. The van der Waals surface area contributed by atoms with Crippen LogP contribution < -0.4 is 5.32 Å². The number of hydrogen-bond acceptors (Lipinski definition) is 5. The minimum absolute atomic E-state index is 0.0770. The van der Waals surface area contributed by atoms with Gasteiger partial charge in [-0.15, -0.1) is 11.3 Å². The Hall–Kier alpha value is -1.27. The highest BCUT2D eigenvalue weighted by atomic mass is 32.1. The zero-order chi connectivity index (χ0) is 18.6. The lowest BCUT2D eigenvalue weighted by molar-refractivity contribution is -0.104. The number of thiophene rings is 1. The summed E-state index contributed by atoms with van der Waals surface area (Å²) in [5.74, 6) is 0. The van der Waals surface area contributed by atoms with Crippen molar-refractivity contribution >= 4 is 11.3 Å². The first kappa shape index (κ1) is 19.1. The third-order valence-electron chi connectivity index (χ3n) is 6.45. The normalized spacial score (nSPS) is 24.5. The van der Waals surface area contributed by atoms with E-state index in [0.29, 0.717) is 0 Å². The number of rotatable bonds is 7. The number of nitrogens with zero attached hydrogens (tertiary/aromatic N) is 1. The Labute approximate surface area is 166 Å². The van der Waals surface area contributed by atoms with Crippen molar-refractivity contribution < 1.29 is 9.84 Å². The smallest absolute Gasteiger partial charge is 0.0693 e. The summed E-state index contributed by atoms with van der Waals surface area (Å²) in [7, 11) is 0. The molecule has 0 bridgehead atoms. The van der Waals surface area contributed by atoms with Crippen LogP contribution in [0.5, 0.6) is 0 Å². The van der Waals surface area contributed by atoms with Crippen LogP contribution in [0.25, 0.3) is 0 Å². The molecule has 0 radical (unpaired) electrons. The molecule has 27 heavy (non-hydrogen) atoms. The predicted octanol–water partition coefficient (Wildman–Crippen LogP) is 4.18. The van der Waals surface area contributed by atoms with E-state index in [1.54, 1.807) is 11.3 Å². The number of ether oxygens (including phenoxy) is 1. The second kappa shape index (κ2) is 8.39. The molecule has 2 N–H and O–H groups in total. The van der Waals surface area contributed by atoms with Gasteiger partial charge in [-0.05, 0) is 67.8 Å². The molecule has 2 fully saturated rings. The fraction of sp³-hybridized carbons (Fsp3) is 0.591. The summed E-state index contributed by atoms with van der Waals surface area (Å²) in [6.45, 7) is 2.75. The Bertz CT molecular complexity index is 727. The number of pyridine rings is 1. The van der Waals surface area contributed by atoms with Crippen molar-refractivity contribution in [2.24, 2.45) is 0 Å². The molecule has 2 aromatic heterocycles. The minimum atomic E-state index is 0.0770. The van der Waals surface area contributed by atoms with E-state index in [9.17, 15) is 5.11 Å². The molecule has 0 aromatic carbocycles. The van der Waals surface area contributed by atoms with Crippen LogP contribution in [0.1, 0.15) is 61.1 Å². The number of aliphatic hydroxyl groups is 1. The molecule has 1 saturated carbocycles. The fourth-order valence-electron chi connectivity index (χ4n) is 4.99. The largest absolute Gasteiger partial charge is 0.392 e. The molecule has 5 heteroatoms. The van der Waals surface area contributed by atoms with E-state index in [-0.39, 0.29) is 17.6 Å². The molecule has 1 spiro atoms. The maximum Gasteiger partial charge on any atom is 0.0693 e. The van der Waals surface area contributed by atoms with Crippen molar-refractivity contribution in [3.05, 3.63) is 52.0 Å². The van der Waals surface area contributed by atoms with Gasteiger partial charge in [0.1, 0.15) is 0 Å². The topological polar surface area (TPSA) is 54.4 Å². The van der Waals surface area contributed by atoms with Gasteiger partial charge in [0.05, 0.1) is 12.2 Å². The molecule has 4 nitrogen and oxygen atoms in total. The van der Waals surface area contributed by atoms with Gasteiger partial charge in [0.15, 0.2) is 0 Å². The standard InChI is InChI=1S/C22H30N2O2S/c25-16-18-6-14-27-19(18)15-23-12-9-21(20-5-1-4-11-24-20)10-13-26-22(17-21)7-2-3-8-22/h1,4-6,11,14,23,25H,2-3,7-10,12-13,15-17H2/t21-/m1/s1. The molecule has 1 aliphatic heterocycles. The molecule has 3 heterocycles. The summed E-state index contributed by atoms with van der Waals surface area (Å²) in [5.41, 5.74) is 2.45. The van der Waals surface area contributed by atoms with E-state index in [2.05, 4.69) is 22.8 Å². The summed E-state index contributed by atoms with van der Waals surface area (Å²) < 4.78 is 6.32. The SMILES string of the molecule is OCc1ccsc1CNCC[C@@]1(c2ccccn2)CCOC2(CCCC2)C1. The third kappa shape index (κ3) is 4.11. The van der Waals surface area contributed by atoms with Gasteiger partial charge in [0.25, 0.3) is 0 Å². The molecule has 146 valence electrons. The van der Waals surface area contributed by atoms with Crippen molar-refractivity contribution in [2.75, 3.05) is 13.2 Å². The number of nitrogens with one attached hydrogen (secondary N) is 1. The monoisotopic (exact) mass is 386 g/mol. The lowest BCUT2D eigenvalue weighted by Gasteiger charge is -2.46. The number of aliphatic hydroxyl groups excluding tert-OH is 1. The zero-order valence-corrected chi connectivity index (χ0v) is 16.8. The van der Waals surface area contributed by atoms with Gasteiger partial charge in [-0.2, -0.15) is 0 Å². The van der Waals surface area contributed by atoms with Crippen molar-refractivity contribution in [1.29, 1.82) is 0 Å². The first-order valence-electron chi connectivity index (χ1n) is 10.2. The summed E-state index contributed by atoms with van der Waals surface area (Å²) in [6.07, 6.45) is 10.1. The van der Waals surface area contributed by atoms with Crippen molar-refractivity contribution in [3.63, 3.8) is 0 Å². The van der Waals surface area contributed by atoms with Crippen LogP contribution in [0.3, 0.4) is 0 Å². The molecule has 2 aliphatic rings.